The van der Waals surface area contributed by atoms with Gasteiger partial charge in [0, 0.05) is 11.6 Å². The summed E-state index contributed by atoms with van der Waals surface area (Å²) in [5, 5.41) is 7.10. The molecule has 1 fully saturated rings. The van der Waals surface area contributed by atoms with Crippen LogP contribution in [0, 0.1) is 0 Å². The zero-order valence-electron chi connectivity index (χ0n) is 11.3. The highest BCUT2D eigenvalue weighted by Gasteiger charge is 2.39. The number of nitrogens with one attached hydrogen (secondary N) is 2. The highest BCUT2D eigenvalue weighted by atomic mass is 35.5. The molecule has 1 aliphatic rings. The lowest BCUT2D eigenvalue weighted by molar-refractivity contribution is -0.127. The van der Waals surface area contributed by atoms with Gasteiger partial charge in [-0.15, -0.1) is 0 Å². The topological polar surface area (TPSA) is 41.1 Å². The fraction of sp³-hybridized carbons (Fsp3) is 0.533. The first kappa shape index (κ1) is 14.4. The van der Waals surface area contributed by atoms with Gasteiger partial charge in [0.25, 0.3) is 0 Å². The molecule has 0 saturated carbocycles. The van der Waals surface area contributed by atoms with Crippen LogP contribution in [0.25, 0.3) is 0 Å². The summed E-state index contributed by atoms with van der Waals surface area (Å²) in [6, 6.07) is 7.61. The summed E-state index contributed by atoms with van der Waals surface area (Å²) < 4.78 is 0. The van der Waals surface area contributed by atoms with Crippen molar-refractivity contribution in [3.8, 4) is 0 Å². The largest absolute Gasteiger partial charge is 0.350 e. The molecule has 1 heterocycles. The smallest absolute Gasteiger partial charge is 0.240 e. The predicted molar refractivity (Wildman–Crippen MR) is 78.2 cm³/mol. The SMILES string of the molecule is CCCC1(C(=O)NCc2ccccc2Cl)CCCN1. The number of amides is 1. The molecule has 0 spiro atoms. The number of rotatable bonds is 5. The van der Waals surface area contributed by atoms with E-state index in [-0.39, 0.29) is 11.4 Å². The third-order valence-corrected chi connectivity index (χ3v) is 4.12. The van der Waals surface area contributed by atoms with Crippen LogP contribution in [0.3, 0.4) is 0 Å². The van der Waals surface area contributed by atoms with Gasteiger partial charge in [0.1, 0.15) is 0 Å². The number of hydrogen-bond acceptors (Lipinski definition) is 2. The van der Waals surface area contributed by atoms with Gasteiger partial charge >= 0.3 is 0 Å². The van der Waals surface area contributed by atoms with Gasteiger partial charge in [-0.05, 0) is 37.4 Å². The maximum absolute atomic E-state index is 12.4. The summed E-state index contributed by atoms with van der Waals surface area (Å²) in [5.41, 5.74) is 0.595. The minimum atomic E-state index is -0.365. The first-order valence-corrected chi connectivity index (χ1v) is 7.32. The molecular weight excluding hydrogens is 260 g/mol. The molecule has 3 nitrogen and oxygen atoms in total. The van der Waals surface area contributed by atoms with Crippen molar-refractivity contribution in [2.24, 2.45) is 0 Å². The molecule has 0 aliphatic carbocycles. The average Bonchev–Trinajstić information content (AvgIpc) is 2.88. The second-order valence-electron chi connectivity index (χ2n) is 5.14. The Bertz CT molecular complexity index is 442. The Balaban J connectivity index is 1.98. The van der Waals surface area contributed by atoms with Crippen LogP contribution in [-0.4, -0.2) is 18.0 Å². The summed E-state index contributed by atoms with van der Waals surface area (Å²) in [7, 11) is 0. The van der Waals surface area contributed by atoms with E-state index in [1.807, 2.05) is 24.3 Å². The monoisotopic (exact) mass is 280 g/mol. The molecule has 1 saturated heterocycles. The van der Waals surface area contributed by atoms with Crippen LogP contribution in [-0.2, 0) is 11.3 Å². The van der Waals surface area contributed by atoms with Crippen molar-refractivity contribution >= 4 is 17.5 Å². The molecule has 0 bridgehead atoms. The van der Waals surface area contributed by atoms with Crippen LogP contribution >= 0.6 is 11.6 Å². The van der Waals surface area contributed by atoms with Crippen molar-refractivity contribution < 1.29 is 4.79 Å². The van der Waals surface area contributed by atoms with Gasteiger partial charge in [-0.25, -0.2) is 0 Å². The minimum Gasteiger partial charge on any atom is -0.350 e. The molecular formula is C15H21ClN2O. The molecule has 1 aromatic carbocycles. The number of hydrogen-bond donors (Lipinski definition) is 2. The summed E-state index contributed by atoms with van der Waals surface area (Å²) in [6.07, 6.45) is 3.89. The Labute approximate surface area is 119 Å². The fourth-order valence-electron chi connectivity index (χ4n) is 2.74. The first-order chi connectivity index (χ1) is 9.18. The van der Waals surface area contributed by atoms with E-state index in [0.717, 1.165) is 37.8 Å². The standard InChI is InChI=1S/C15H21ClN2O/c1-2-8-15(9-5-10-18-15)14(19)17-11-12-6-3-4-7-13(12)16/h3-4,6-7,18H,2,5,8-11H2,1H3,(H,17,19). The Hall–Kier alpha value is -1.06. The quantitative estimate of drug-likeness (QED) is 0.871. The van der Waals surface area contributed by atoms with Crippen LogP contribution in [0.1, 0.15) is 38.2 Å². The molecule has 2 rings (SSSR count). The van der Waals surface area contributed by atoms with Crippen molar-refractivity contribution in [2.45, 2.75) is 44.7 Å². The molecule has 4 heteroatoms. The van der Waals surface area contributed by atoms with Crippen molar-refractivity contribution in [3.63, 3.8) is 0 Å². The van der Waals surface area contributed by atoms with Crippen molar-refractivity contribution in [1.29, 1.82) is 0 Å². The molecule has 1 atom stereocenters. The van der Waals surface area contributed by atoms with E-state index in [4.69, 9.17) is 11.6 Å². The molecule has 2 N–H and O–H groups in total. The lowest BCUT2D eigenvalue weighted by Crippen LogP contribution is -2.53. The predicted octanol–water partition coefficient (Wildman–Crippen LogP) is 2.88. The Morgan fingerprint density at radius 1 is 1.47 bits per heavy atom. The van der Waals surface area contributed by atoms with Gasteiger partial charge in [-0.2, -0.15) is 0 Å². The van der Waals surface area contributed by atoms with E-state index in [1.165, 1.54) is 0 Å². The van der Waals surface area contributed by atoms with Crippen LogP contribution in [0.15, 0.2) is 24.3 Å². The number of carbonyl (C=O) groups is 1. The normalized spacial score (nSPS) is 22.4. The van der Waals surface area contributed by atoms with Gasteiger partial charge < -0.3 is 10.6 Å². The van der Waals surface area contributed by atoms with Gasteiger partial charge in [0.05, 0.1) is 5.54 Å². The van der Waals surface area contributed by atoms with Crippen LogP contribution < -0.4 is 10.6 Å². The summed E-state index contributed by atoms with van der Waals surface area (Å²) in [4.78, 5) is 12.4. The van der Waals surface area contributed by atoms with Crippen molar-refractivity contribution in [3.05, 3.63) is 34.9 Å². The second-order valence-corrected chi connectivity index (χ2v) is 5.54. The summed E-state index contributed by atoms with van der Waals surface area (Å²) in [6.45, 7) is 3.54. The third-order valence-electron chi connectivity index (χ3n) is 3.75. The molecule has 104 valence electrons. The number of benzene rings is 1. The minimum absolute atomic E-state index is 0.103. The maximum atomic E-state index is 12.4. The molecule has 19 heavy (non-hydrogen) atoms. The second kappa shape index (κ2) is 6.40. The molecule has 0 radical (unpaired) electrons. The van der Waals surface area contributed by atoms with E-state index in [2.05, 4.69) is 17.6 Å². The number of halogens is 1. The van der Waals surface area contributed by atoms with Crippen LogP contribution in [0.5, 0.6) is 0 Å². The Kier molecular flexibility index (Phi) is 4.83. The molecule has 1 unspecified atom stereocenters. The van der Waals surface area contributed by atoms with Gasteiger partial charge in [0.2, 0.25) is 5.91 Å². The third kappa shape index (κ3) is 3.28. The van der Waals surface area contributed by atoms with Crippen molar-refractivity contribution in [1.82, 2.24) is 10.6 Å². The summed E-state index contributed by atoms with van der Waals surface area (Å²) >= 11 is 6.10. The van der Waals surface area contributed by atoms with Crippen LogP contribution in [0.2, 0.25) is 5.02 Å². The van der Waals surface area contributed by atoms with Gasteiger partial charge in [-0.1, -0.05) is 43.1 Å². The van der Waals surface area contributed by atoms with E-state index < -0.39 is 0 Å². The van der Waals surface area contributed by atoms with Gasteiger partial charge in [-0.3, -0.25) is 4.79 Å². The zero-order valence-corrected chi connectivity index (χ0v) is 12.1. The summed E-state index contributed by atoms with van der Waals surface area (Å²) in [5.74, 6) is 0.103. The van der Waals surface area contributed by atoms with Crippen molar-refractivity contribution in [2.75, 3.05) is 6.54 Å². The highest BCUT2D eigenvalue weighted by molar-refractivity contribution is 6.31. The van der Waals surface area contributed by atoms with E-state index >= 15 is 0 Å². The molecule has 1 amide bonds. The maximum Gasteiger partial charge on any atom is 0.240 e. The zero-order chi connectivity index (χ0) is 13.7. The lowest BCUT2D eigenvalue weighted by Gasteiger charge is -2.28. The average molecular weight is 281 g/mol. The Morgan fingerprint density at radius 2 is 2.26 bits per heavy atom. The van der Waals surface area contributed by atoms with Crippen LogP contribution in [0.4, 0.5) is 0 Å². The van der Waals surface area contributed by atoms with Gasteiger partial charge in [0.15, 0.2) is 0 Å². The molecule has 0 aromatic heterocycles. The number of carbonyl (C=O) groups excluding carboxylic acids is 1. The first-order valence-electron chi connectivity index (χ1n) is 6.95. The highest BCUT2D eigenvalue weighted by Crippen LogP contribution is 2.25. The van der Waals surface area contributed by atoms with E-state index in [1.54, 1.807) is 0 Å². The molecule has 1 aromatic rings. The molecule has 1 aliphatic heterocycles. The lowest BCUT2D eigenvalue weighted by atomic mass is 9.91. The van der Waals surface area contributed by atoms with E-state index in [0.29, 0.717) is 11.6 Å². The Morgan fingerprint density at radius 3 is 2.89 bits per heavy atom. The fourth-order valence-corrected chi connectivity index (χ4v) is 2.94. The van der Waals surface area contributed by atoms with E-state index in [9.17, 15) is 4.79 Å².